The summed E-state index contributed by atoms with van der Waals surface area (Å²) >= 11 is 0. The number of ether oxygens (including phenoxy) is 2. The molecule has 0 spiro atoms. The van der Waals surface area contributed by atoms with Crippen LogP contribution in [0.1, 0.15) is 30.4 Å². The summed E-state index contributed by atoms with van der Waals surface area (Å²) in [6.07, 6.45) is 0.997. The lowest BCUT2D eigenvalue weighted by atomic mass is 10.1. The van der Waals surface area contributed by atoms with Crippen molar-refractivity contribution in [1.29, 1.82) is 0 Å². The van der Waals surface area contributed by atoms with E-state index in [1.165, 1.54) is 12.1 Å². The van der Waals surface area contributed by atoms with Gasteiger partial charge in [0.25, 0.3) is 0 Å². The van der Waals surface area contributed by atoms with Crippen molar-refractivity contribution in [3.05, 3.63) is 96.1 Å². The molecule has 3 unspecified atom stereocenters. The van der Waals surface area contributed by atoms with Gasteiger partial charge in [-0.25, -0.2) is 13.4 Å². The first kappa shape index (κ1) is 29.3. The Morgan fingerprint density at radius 1 is 1.00 bits per heavy atom. The second-order valence-corrected chi connectivity index (χ2v) is 12.0. The summed E-state index contributed by atoms with van der Waals surface area (Å²) < 4.78 is 39.4. The first-order valence-corrected chi connectivity index (χ1v) is 15.3. The van der Waals surface area contributed by atoms with Gasteiger partial charge in [0.2, 0.25) is 21.8 Å². The molecule has 0 bridgehead atoms. The number of carbonyl (C=O) groups excluding carboxylic acids is 1. The standard InChI is InChI=1S/C31H33N3O7S/c35-29(18-22-13-15-23(16-14-22)21-40-24-8-3-1-4-9-24)34-17-7-12-28(34)30-32-20-25(41-30)19-27(31(36)37)33-42(38,39)26-10-5-2-6-11-26/h1-6,8-11,13-16,25,27-28,33H,7,12,17-21H2,(H,36,37). The van der Waals surface area contributed by atoms with Crippen LogP contribution < -0.4 is 9.46 Å². The van der Waals surface area contributed by atoms with Gasteiger partial charge in [-0.05, 0) is 48.2 Å². The van der Waals surface area contributed by atoms with E-state index in [2.05, 4.69) is 9.71 Å². The molecule has 2 aliphatic heterocycles. The first-order valence-electron chi connectivity index (χ1n) is 13.8. The predicted molar refractivity (Wildman–Crippen MR) is 156 cm³/mol. The lowest BCUT2D eigenvalue weighted by Crippen LogP contribution is -2.44. The molecule has 1 fully saturated rings. The second kappa shape index (κ2) is 13.2. The number of hydrogen-bond acceptors (Lipinski definition) is 7. The minimum atomic E-state index is -4.03. The number of rotatable bonds is 12. The van der Waals surface area contributed by atoms with E-state index in [0.717, 1.165) is 23.3 Å². The second-order valence-electron chi connectivity index (χ2n) is 10.3. The van der Waals surface area contributed by atoms with Crippen molar-refractivity contribution >= 4 is 27.8 Å². The molecule has 220 valence electrons. The Balaban J connectivity index is 1.14. The number of benzene rings is 3. The summed E-state index contributed by atoms with van der Waals surface area (Å²) in [5.41, 5.74) is 1.89. The lowest BCUT2D eigenvalue weighted by Gasteiger charge is -2.25. The number of nitrogens with one attached hydrogen (secondary N) is 1. The fraction of sp³-hybridized carbons (Fsp3) is 0.323. The number of carboxylic acids is 1. The maximum atomic E-state index is 13.3. The molecule has 0 aromatic heterocycles. The molecule has 42 heavy (non-hydrogen) atoms. The number of sulfonamides is 1. The molecule has 0 aliphatic carbocycles. The van der Waals surface area contributed by atoms with E-state index in [0.29, 0.717) is 25.5 Å². The first-order chi connectivity index (χ1) is 20.3. The normalized spacial score (nSPS) is 19.1. The Morgan fingerprint density at radius 3 is 2.36 bits per heavy atom. The third-order valence-electron chi connectivity index (χ3n) is 7.27. The van der Waals surface area contributed by atoms with Gasteiger partial charge in [0.05, 0.1) is 17.9 Å². The summed E-state index contributed by atoms with van der Waals surface area (Å²) in [5, 5.41) is 9.70. The SMILES string of the molecule is O=C(O)C(CC1CN=C(C2CCCN2C(=O)Cc2ccc(COc3ccccc3)cc2)O1)NS(=O)(=O)c1ccccc1. The van der Waals surface area contributed by atoms with Crippen molar-refractivity contribution in [2.45, 2.75) is 55.4 Å². The number of amides is 1. The zero-order valence-corrected chi connectivity index (χ0v) is 23.8. The number of nitrogens with zero attached hydrogens (tertiary/aromatic N) is 2. The zero-order chi connectivity index (χ0) is 29.5. The topological polar surface area (TPSA) is 135 Å². The molecular formula is C31H33N3O7S. The van der Waals surface area contributed by atoms with Gasteiger partial charge in [-0.3, -0.25) is 9.59 Å². The zero-order valence-electron chi connectivity index (χ0n) is 23.0. The quantitative estimate of drug-likeness (QED) is 0.330. The number of aliphatic imine (C=N–C) groups is 1. The molecule has 1 amide bonds. The summed E-state index contributed by atoms with van der Waals surface area (Å²) in [5.74, 6) is -0.154. The monoisotopic (exact) mass is 591 g/mol. The van der Waals surface area contributed by atoms with Gasteiger partial charge in [-0.2, -0.15) is 4.72 Å². The number of likely N-dealkylation sites (tertiary alicyclic amines) is 1. The average Bonchev–Trinajstić information content (AvgIpc) is 3.67. The van der Waals surface area contributed by atoms with Crippen LogP contribution in [-0.2, 0) is 37.4 Å². The molecule has 10 nitrogen and oxygen atoms in total. The Morgan fingerprint density at radius 2 is 1.67 bits per heavy atom. The molecule has 2 N–H and O–H groups in total. The Bertz CT molecular complexity index is 1510. The highest BCUT2D eigenvalue weighted by atomic mass is 32.2. The molecule has 0 radical (unpaired) electrons. The molecule has 0 saturated carbocycles. The van der Waals surface area contributed by atoms with Crippen molar-refractivity contribution in [1.82, 2.24) is 9.62 Å². The maximum Gasteiger partial charge on any atom is 0.321 e. The maximum absolute atomic E-state index is 13.3. The van der Waals surface area contributed by atoms with Crippen LogP contribution in [0.4, 0.5) is 0 Å². The van der Waals surface area contributed by atoms with Crippen LogP contribution in [0.2, 0.25) is 0 Å². The van der Waals surface area contributed by atoms with Crippen LogP contribution >= 0.6 is 0 Å². The van der Waals surface area contributed by atoms with Gasteiger partial charge in [0, 0.05) is 13.0 Å². The Kier molecular flexibility index (Phi) is 9.19. The summed E-state index contributed by atoms with van der Waals surface area (Å²) in [6, 6.07) is 23.2. The average molecular weight is 592 g/mol. The molecule has 1 saturated heterocycles. The molecule has 2 heterocycles. The van der Waals surface area contributed by atoms with Crippen LogP contribution in [0.5, 0.6) is 5.75 Å². The number of carboxylic acid groups (broad SMARTS) is 1. The van der Waals surface area contributed by atoms with Crippen LogP contribution in [0.15, 0.2) is 94.8 Å². The minimum absolute atomic E-state index is 0.0178. The molecule has 3 aromatic carbocycles. The van der Waals surface area contributed by atoms with Crippen molar-refractivity contribution in [3.63, 3.8) is 0 Å². The predicted octanol–water partition coefficient (Wildman–Crippen LogP) is 3.42. The van der Waals surface area contributed by atoms with Gasteiger partial charge >= 0.3 is 5.97 Å². The smallest absolute Gasteiger partial charge is 0.321 e. The van der Waals surface area contributed by atoms with E-state index in [-0.39, 0.29) is 36.2 Å². The lowest BCUT2D eigenvalue weighted by molar-refractivity contribution is -0.139. The van der Waals surface area contributed by atoms with Crippen molar-refractivity contribution < 1.29 is 32.6 Å². The van der Waals surface area contributed by atoms with Crippen LogP contribution in [0.3, 0.4) is 0 Å². The van der Waals surface area contributed by atoms with E-state index in [4.69, 9.17) is 9.47 Å². The highest BCUT2D eigenvalue weighted by molar-refractivity contribution is 7.89. The van der Waals surface area contributed by atoms with Gasteiger partial charge in [0.15, 0.2) is 0 Å². The Labute approximate surface area is 245 Å². The van der Waals surface area contributed by atoms with Crippen molar-refractivity contribution in [3.8, 4) is 5.75 Å². The molecule has 5 rings (SSSR count). The highest BCUT2D eigenvalue weighted by Crippen LogP contribution is 2.25. The fourth-order valence-electron chi connectivity index (χ4n) is 5.10. The Hall–Kier alpha value is -4.22. The number of aliphatic carboxylic acids is 1. The molecular weight excluding hydrogens is 558 g/mol. The minimum Gasteiger partial charge on any atom is -0.489 e. The summed E-state index contributed by atoms with van der Waals surface area (Å²) in [4.78, 5) is 31.4. The van der Waals surface area contributed by atoms with E-state index in [1.54, 1.807) is 23.1 Å². The van der Waals surface area contributed by atoms with Crippen molar-refractivity contribution in [2.24, 2.45) is 4.99 Å². The van der Waals surface area contributed by atoms with Gasteiger partial charge in [0.1, 0.15) is 30.5 Å². The largest absolute Gasteiger partial charge is 0.489 e. The van der Waals surface area contributed by atoms with Gasteiger partial charge in [-0.15, -0.1) is 0 Å². The van der Waals surface area contributed by atoms with Crippen LogP contribution in [-0.4, -0.2) is 67.5 Å². The molecule has 3 atom stereocenters. The number of carbonyl (C=O) groups is 2. The number of hydrogen-bond donors (Lipinski definition) is 2. The molecule has 3 aromatic rings. The fourth-order valence-corrected chi connectivity index (χ4v) is 6.32. The van der Waals surface area contributed by atoms with Crippen molar-refractivity contribution in [2.75, 3.05) is 13.1 Å². The summed E-state index contributed by atoms with van der Waals surface area (Å²) in [7, 11) is -4.03. The number of para-hydroxylation sites is 1. The molecule has 11 heteroatoms. The van der Waals surface area contributed by atoms with Gasteiger partial charge < -0.3 is 19.5 Å². The highest BCUT2D eigenvalue weighted by Gasteiger charge is 2.38. The van der Waals surface area contributed by atoms with Gasteiger partial charge in [-0.1, -0.05) is 60.7 Å². The summed E-state index contributed by atoms with van der Waals surface area (Å²) in [6.45, 7) is 1.20. The third-order valence-corrected chi connectivity index (χ3v) is 8.76. The van der Waals surface area contributed by atoms with E-state index in [1.807, 2.05) is 54.6 Å². The molecule has 2 aliphatic rings. The van der Waals surface area contributed by atoms with Crippen LogP contribution in [0.25, 0.3) is 0 Å². The van der Waals surface area contributed by atoms with E-state index in [9.17, 15) is 23.1 Å². The third kappa shape index (κ3) is 7.34. The van der Waals surface area contributed by atoms with E-state index < -0.39 is 28.1 Å². The van der Waals surface area contributed by atoms with E-state index >= 15 is 0 Å². The van der Waals surface area contributed by atoms with Crippen LogP contribution in [0, 0.1) is 0 Å².